The molecule has 0 radical (unpaired) electrons. The molecule has 0 aliphatic heterocycles. The number of hydrogen-bond acceptors (Lipinski definition) is 0. The summed E-state index contributed by atoms with van der Waals surface area (Å²) >= 11 is 23.0. The molecule has 1 aromatic carbocycles. The van der Waals surface area contributed by atoms with Crippen molar-refractivity contribution in [2.45, 2.75) is 10.7 Å². The van der Waals surface area contributed by atoms with Gasteiger partial charge in [0.2, 0.25) is 3.79 Å². The molecule has 0 unspecified atom stereocenters. The van der Waals surface area contributed by atoms with Gasteiger partial charge in [-0.25, -0.2) is 0 Å². The smallest absolute Gasteiger partial charge is 0.0840 e. The zero-order chi connectivity index (χ0) is 9.35. The van der Waals surface area contributed by atoms with E-state index in [2.05, 4.69) is 0 Å². The molecule has 66 valence electrons. The molecule has 0 amide bonds. The van der Waals surface area contributed by atoms with Crippen molar-refractivity contribution >= 4 is 46.4 Å². The van der Waals surface area contributed by atoms with E-state index in [1.54, 1.807) is 18.2 Å². The Labute approximate surface area is 91.4 Å². The standard InChI is InChI=1S/C8H6Cl4/c1-5-6(8(10,11)12)3-2-4-7(5)9/h2-4H,1H3. The third-order valence-corrected chi connectivity index (χ3v) is 2.59. The van der Waals surface area contributed by atoms with E-state index in [1.165, 1.54) is 0 Å². The predicted molar refractivity (Wildman–Crippen MR) is 55.4 cm³/mol. The second kappa shape index (κ2) is 3.63. The Bertz CT molecular complexity index is 288. The van der Waals surface area contributed by atoms with Crippen molar-refractivity contribution in [2.24, 2.45) is 0 Å². The second-order valence-corrected chi connectivity index (χ2v) is 5.10. The highest BCUT2D eigenvalue weighted by molar-refractivity contribution is 6.66. The first-order valence-electron chi connectivity index (χ1n) is 3.25. The SMILES string of the molecule is Cc1c(Cl)cccc1C(Cl)(Cl)Cl. The maximum Gasteiger partial charge on any atom is 0.216 e. The lowest BCUT2D eigenvalue weighted by atomic mass is 10.1. The molecule has 0 aromatic heterocycles. The minimum Gasteiger partial charge on any atom is -0.0840 e. The molecular formula is C8H6Cl4. The van der Waals surface area contributed by atoms with Gasteiger partial charge >= 0.3 is 0 Å². The first kappa shape index (κ1) is 10.5. The lowest BCUT2D eigenvalue weighted by Gasteiger charge is -2.14. The van der Waals surface area contributed by atoms with Gasteiger partial charge in [-0.05, 0) is 18.6 Å². The van der Waals surface area contributed by atoms with E-state index in [-0.39, 0.29) is 0 Å². The fourth-order valence-corrected chi connectivity index (χ4v) is 1.70. The minimum absolute atomic E-state index is 0.610. The highest BCUT2D eigenvalue weighted by Gasteiger charge is 2.25. The topological polar surface area (TPSA) is 0 Å². The molecule has 0 N–H and O–H groups in total. The Balaban J connectivity index is 3.26. The van der Waals surface area contributed by atoms with Gasteiger partial charge in [0.25, 0.3) is 0 Å². The van der Waals surface area contributed by atoms with Crippen molar-refractivity contribution in [3.8, 4) is 0 Å². The molecule has 0 bridgehead atoms. The van der Waals surface area contributed by atoms with Crippen LogP contribution in [0.3, 0.4) is 0 Å². The lowest BCUT2D eigenvalue weighted by molar-refractivity contribution is 1.19. The first-order valence-corrected chi connectivity index (χ1v) is 4.76. The summed E-state index contributed by atoms with van der Waals surface area (Å²) in [6.45, 7) is 1.82. The van der Waals surface area contributed by atoms with Crippen LogP contribution in [0.5, 0.6) is 0 Å². The Morgan fingerprint density at radius 3 is 2.17 bits per heavy atom. The summed E-state index contributed by atoms with van der Waals surface area (Å²) in [6.07, 6.45) is 0. The Kier molecular flexibility index (Phi) is 3.16. The van der Waals surface area contributed by atoms with Crippen molar-refractivity contribution in [3.63, 3.8) is 0 Å². The van der Waals surface area contributed by atoms with E-state index in [4.69, 9.17) is 46.4 Å². The van der Waals surface area contributed by atoms with Crippen molar-refractivity contribution in [1.29, 1.82) is 0 Å². The van der Waals surface area contributed by atoms with E-state index in [0.29, 0.717) is 10.6 Å². The highest BCUT2D eigenvalue weighted by Crippen LogP contribution is 2.41. The van der Waals surface area contributed by atoms with Crippen LogP contribution in [-0.2, 0) is 3.79 Å². The van der Waals surface area contributed by atoms with E-state index in [0.717, 1.165) is 5.56 Å². The summed E-state index contributed by atoms with van der Waals surface area (Å²) in [7, 11) is 0. The molecule has 0 spiro atoms. The number of benzene rings is 1. The van der Waals surface area contributed by atoms with E-state index < -0.39 is 3.79 Å². The van der Waals surface area contributed by atoms with Crippen LogP contribution in [0.1, 0.15) is 11.1 Å². The van der Waals surface area contributed by atoms with Crippen LogP contribution in [0, 0.1) is 6.92 Å². The molecule has 0 nitrogen and oxygen atoms in total. The quantitative estimate of drug-likeness (QED) is 0.590. The van der Waals surface area contributed by atoms with Crippen molar-refractivity contribution in [1.82, 2.24) is 0 Å². The van der Waals surface area contributed by atoms with E-state index in [9.17, 15) is 0 Å². The maximum atomic E-state index is 5.84. The molecular weight excluding hydrogens is 238 g/mol. The summed E-state index contributed by atoms with van der Waals surface area (Å²) in [5.74, 6) is 0. The number of halogens is 4. The van der Waals surface area contributed by atoms with Gasteiger partial charge in [-0.2, -0.15) is 0 Å². The molecule has 0 saturated carbocycles. The highest BCUT2D eigenvalue weighted by atomic mass is 35.6. The van der Waals surface area contributed by atoms with Gasteiger partial charge in [-0.1, -0.05) is 58.5 Å². The number of alkyl halides is 3. The van der Waals surface area contributed by atoms with Gasteiger partial charge < -0.3 is 0 Å². The van der Waals surface area contributed by atoms with E-state index >= 15 is 0 Å². The molecule has 4 heteroatoms. The summed E-state index contributed by atoms with van der Waals surface area (Å²) in [6, 6.07) is 5.26. The summed E-state index contributed by atoms with van der Waals surface area (Å²) in [5, 5.41) is 0.610. The molecule has 0 saturated heterocycles. The zero-order valence-electron chi connectivity index (χ0n) is 6.24. The van der Waals surface area contributed by atoms with Crippen LogP contribution in [0.4, 0.5) is 0 Å². The van der Waals surface area contributed by atoms with Crippen molar-refractivity contribution < 1.29 is 0 Å². The third-order valence-electron chi connectivity index (χ3n) is 1.57. The van der Waals surface area contributed by atoms with Crippen LogP contribution < -0.4 is 0 Å². The molecule has 12 heavy (non-hydrogen) atoms. The molecule has 1 aromatic rings. The Hall–Kier alpha value is 0.380. The van der Waals surface area contributed by atoms with Gasteiger partial charge in [0.05, 0.1) is 0 Å². The minimum atomic E-state index is -1.39. The number of rotatable bonds is 0. The molecule has 1 rings (SSSR count). The van der Waals surface area contributed by atoms with Crippen molar-refractivity contribution in [2.75, 3.05) is 0 Å². The Morgan fingerprint density at radius 1 is 1.17 bits per heavy atom. The fraction of sp³-hybridized carbons (Fsp3) is 0.250. The summed E-state index contributed by atoms with van der Waals surface area (Å²) < 4.78 is -1.39. The van der Waals surface area contributed by atoms with Crippen molar-refractivity contribution in [3.05, 3.63) is 34.3 Å². The summed E-state index contributed by atoms with van der Waals surface area (Å²) in [5.41, 5.74) is 1.43. The average Bonchev–Trinajstić information content (AvgIpc) is 1.92. The molecule has 0 heterocycles. The van der Waals surface area contributed by atoms with Gasteiger partial charge in [0.1, 0.15) is 0 Å². The van der Waals surface area contributed by atoms with Crippen LogP contribution in [0.25, 0.3) is 0 Å². The maximum absolute atomic E-state index is 5.84. The molecule has 0 aliphatic rings. The van der Waals surface area contributed by atoms with Crippen LogP contribution >= 0.6 is 46.4 Å². The average molecular weight is 244 g/mol. The lowest BCUT2D eigenvalue weighted by Crippen LogP contribution is -2.02. The van der Waals surface area contributed by atoms with Gasteiger partial charge in [-0.15, -0.1) is 0 Å². The third kappa shape index (κ3) is 2.20. The first-order chi connectivity index (χ1) is 5.43. The zero-order valence-corrected chi connectivity index (χ0v) is 9.27. The van der Waals surface area contributed by atoms with Gasteiger partial charge in [0.15, 0.2) is 0 Å². The fourth-order valence-electron chi connectivity index (χ4n) is 0.915. The largest absolute Gasteiger partial charge is 0.216 e. The monoisotopic (exact) mass is 242 g/mol. The second-order valence-electron chi connectivity index (χ2n) is 2.41. The molecule has 0 atom stereocenters. The van der Waals surface area contributed by atoms with Crippen LogP contribution in [0.2, 0.25) is 5.02 Å². The molecule has 0 fully saturated rings. The van der Waals surface area contributed by atoms with Crippen LogP contribution in [0.15, 0.2) is 18.2 Å². The van der Waals surface area contributed by atoms with Gasteiger partial charge in [0, 0.05) is 10.6 Å². The van der Waals surface area contributed by atoms with E-state index in [1.807, 2.05) is 6.92 Å². The number of hydrogen-bond donors (Lipinski definition) is 0. The Morgan fingerprint density at radius 2 is 1.75 bits per heavy atom. The van der Waals surface area contributed by atoms with Crippen LogP contribution in [-0.4, -0.2) is 0 Å². The van der Waals surface area contributed by atoms with Gasteiger partial charge in [-0.3, -0.25) is 0 Å². The molecule has 0 aliphatic carbocycles. The summed E-state index contributed by atoms with van der Waals surface area (Å²) in [4.78, 5) is 0. The normalized spacial score (nSPS) is 11.8. The predicted octanol–water partition coefficient (Wildman–Crippen LogP) is 4.48.